The molecule has 0 spiro atoms. The average molecular weight is 302 g/mol. The second kappa shape index (κ2) is 7.35. The fourth-order valence-electron chi connectivity index (χ4n) is 1.58. The number of carbonyl (C=O) groups excluding carboxylic acids is 2. The number of aromatic nitrogens is 1. The molecule has 2 aromatic heterocycles. The van der Waals surface area contributed by atoms with E-state index in [0.29, 0.717) is 18.0 Å². The Morgan fingerprint density at radius 3 is 2.95 bits per heavy atom. The highest BCUT2D eigenvalue weighted by molar-refractivity contribution is 7.11. The summed E-state index contributed by atoms with van der Waals surface area (Å²) < 4.78 is 4.82. The van der Waals surface area contributed by atoms with Crippen molar-refractivity contribution in [3.8, 4) is 0 Å². The minimum Gasteiger partial charge on any atom is -0.450 e. The third-order valence-corrected chi connectivity index (χ3v) is 3.39. The quantitative estimate of drug-likeness (QED) is 0.676. The molecule has 1 N–H and O–H groups in total. The van der Waals surface area contributed by atoms with E-state index in [4.69, 9.17) is 4.74 Å². The summed E-state index contributed by atoms with van der Waals surface area (Å²) in [7, 11) is 0. The highest BCUT2D eigenvalue weighted by Crippen LogP contribution is 2.24. The van der Waals surface area contributed by atoms with E-state index in [1.807, 2.05) is 5.38 Å². The molecule has 0 atom stereocenters. The number of allylic oxidation sites excluding steroid dienone is 1. The van der Waals surface area contributed by atoms with Crippen LogP contribution in [0.5, 0.6) is 0 Å². The first-order chi connectivity index (χ1) is 10.2. The molecule has 1 amide bonds. The number of pyridine rings is 1. The van der Waals surface area contributed by atoms with Gasteiger partial charge in [-0.3, -0.25) is 15.1 Å². The molecule has 0 saturated heterocycles. The lowest BCUT2D eigenvalue weighted by molar-refractivity contribution is 0.104. The molecule has 21 heavy (non-hydrogen) atoms. The Balaban J connectivity index is 2.06. The number of nitrogens with one attached hydrogen (secondary N) is 1. The molecule has 5 nitrogen and oxygen atoms in total. The van der Waals surface area contributed by atoms with Crippen molar-refractivity contribution in [2.24, 2.45) is 0 Å². The van der Waals surface area contributed by atoms with Gasteiger partial charge in [-0.05, 0) is 42.7 Å². The summed E-state index contributed by atoms with van der Waals surface area (Å²) in [5.74, 6) is -0.189. The average Bonchev–Trinajstić information content (AvgIpc) is 2.93. The highest BCUT2D eigenvalue weighted by atomic mass is 32.1. The van der Waals surface area contributed by atoms with E-state index in [1.165, 1.54) is 17.4 Å². The SMILES string of the molecule is CCOC(=O)Nc1ccsc1/C=C/C(=O)c1ccccn1. The Morgan fingerprint density at radius 2 is 2.24 bits per heavy atom. The van der Waals surface area contributed by atoms with Gasteiger partial charge in [0.1, 0.15) is 5.69 Å². The maximum Gasteiger partial charge on any atom is 0.411 e. The van der Waals surface area contributed by atoms with Gasteiger partial charge in [-0.25, -0.2) is 4.79 Å². The van der Waals surface area contributed by atoms with Crippen molar-refractivity contribution in [3.05, 3.63) is 52.5 Å². The molecule has 0 saturated carbocycles. The summed E-state index contributed by atoms with van der Waals surface area (Å²) in [4.78, 5) is 28.1. The van der Waals surface area contributed by atoms with Crippen molar-refractivity contribution in [1.29, 1.82) is 0 Å². The number of hydrogen-bond acceptors (Lipinski definition) is 5. The van der Waals surface area contributed by atoms with E-state index >= 15 is 0 Å². The smallest absolute Gasteiger partial charge is 0.411 e. The van der Waals surface area contributed by atoms with E-state index in [1.54, 1.807) is 43.5 Å². The van der Waals surface area contributed by atoms with Crippen LogP contribution in [0, 0.1) is 0 Å². The van der Waals surface area contributed by atoms with Crippen molar-refractivity contribution >= 4 is 35.0 Å². The zero-order valence-electron chi connectivity index (χ0n) is 11.4. The van der Waals surface area contributed by atoms with Gasteiger partial charge in [0.15, 0.2) is 0 Å². The molecule has 2 aromatic rings. The van der Waals surface area contributed by atoms with Gasteiger partial charge in [0.2, 0.25) is 5.78 Å². The molecule has 0 unspecified atom stereocenters. The van der Waals surface area contributed by atoms with Gasteiger partial charge in [-0.2, -0.15) is 0 Å². The van der Waals surface area contributed by atoms with Crippen LogP contribution in [0.1, 0.15) is 22.3 Å². The number of nitrogens with zero attached hydrogens (tertiary/aromatic N) is 1. The lowest BCUT2D eigenvalue weighted by Gasteiger charge is -2.03. The third-order valence-electron chi connectivity index (χ3n) is 2.51. The third kappa shape index (κ3) is 4.25. The first kappa shape index (κ1) is 14.9. The number of ether oxygens (including phenoxy) is 1. The Kier molecular flexibility index (Phi) is 5.22. The minimum atomic E-state index is -0.512. The van der Waals surface area contributed by atoms with Crippen molar-refractivity contribution < 1.29 is 14.3 Å². The molecule has 0 aromatic carbocycles. The number of amides is 1. The number of hydrogen-bond donors (Lipinski definition) is 1. The normalized spacial score (nSPS) is 10.5. The monoisotopic (exact) mass is 302 g/mol. The van der Waals surface area contributed by atoms with E-state index in [2.05, 4.69) is 10.3 Å². The Morgan fingerprint density at radius 1 is 1.38 bits per heavy atom. The van der Waals surface area contributed by atoms with Crippen molar-refractivity contribution in [3.63, 3.8) is 0 Å². The standard InChI is InChI=1S/C15H14N2O3S/c1-2-20-15(19)17-12-8-10-21-14(12)7-6-13(18)11-5-3-4-9-16-11/h3-10H,2H2,1H3,(H,17,19)/b7-6+. The van der Waals surface area contributed by atoms with Crippen LogP contribution in [0.15, 0.2) is 41.9 Å². The van der Waals surface area contributed by atoms with Gasteiger partial charge in [-0.1, -0.05) is 6.07 Å². The van der Waals surface area contributed by atoms with E-state index in [0.717, 1.165) is 4.88 Å². The van der Waals surface area contributed by atoms with Gasteiger partial charge in [0.25, 0.3) is 0 Å². The second-order valence-electron chi connectivity index (χ2n) is 3.96. The maximum absolute atomic E-state index is 11.9. The topological polar surface area (TPSA) is 68.3 Å². The van der Waals surface area contributed by atoms with Crippen LogP contribution in [-0.4, -0.2) is 23.5 Å². The molecule has 0 bridgehead atoms. The molecule has 0 aliphatic heterocycles. The van der Waals surface area contributed by atoms with Crippen LogP contribution in [0.3, 0.4) is 0 Å². The number of ketones is 1. The molecular weight excluding hydrogens is 288 g/mol. The summed E-state index contributed by atoms with van der Waals surface area (Å²) in [6.45, 7) is 2.04. The van der Waals surface area contributed by atoms with E-state index in [9.17, 15) is 9.59 Å². The maximum atomic E-state index is 11.9. The van der Waals surface area contributed by atoms with Crippen molar-refractivity contribution in [2.75, 3.05) is 11.9 Å². The molecule has 108 valence electrons. The van der Waals surface area contributed by atoms with E-state index in [-0.39, 0.29) is 5.78 Å². The van der Waals surface area contributed by atoms with E-state index < -0.39 is 6.09 Å². The molecule has 2 rings (SSSR count). The Labute approximate surface area is 126 Å². The fraction of sp³-hybridized carbons (Fsp3) is 0.133. The van der Waals surface area contributed by atoms with Gasteiger partial charge >= 0.3 is 6.09 Å². The predicted octanol–water partition coefficient (Wildman–Crippen LogP) is 3.61. The molecule has 0 aliphatic carbocycles. The summed E-state index contributed by atoms with van der Waals surface area (Å²) in [6, 6.07) is 6.92. The van der Waals surface area contributed by atoms with Gasteiger partial charge < -0.3 is 4.74 Å². The summed E-state index contributed by atoms with van der Waals surface area (Å²) in [6.07, 6.45) is 4.15. The Hall–Kier alpha value is -2.47. The largest absolute Gasteiger partial charge is 0.450 e. The predicted molar refractivity (Wildman–Crippen MR) is 82.6 cm³/mol. The number of anilines is 1. The van der Waals surface area contributed by atoms with Gasteiger partial charge in [0, 0.05) is 6.20 Å². The molecule has 0 radical (unpaired) electrons. The summed E-state index contributed by atoms with van der Waals surface area (Å²) >= 11 is 1.42. The van der Waals surface area contributed by atoms with Crippen LogP contribution in [-0.2, 0) is 4.74 Å². The van der Waals surface area contributed by atoms with Gasteiger partial charge in [0.05, 0.1) is 17.2 Å². The Bertz CT molecular complexity index is 650. The van der Waals surface area contributed by atoms with Gasteiger partial charge in [-0.15, -0.1) is 11.3 Å². The number of rotatable bonds is 5. The second-order valence-corrected chi connectivity index (χ2v) is 4.90. The van der Waals surface area contributed by atoms with Crippen LogP contribution >= 0.6 is 11.3 Å². The lowest BCUT2D eigenvalue weighted by Crippen LogP contribution is -2.13. The van der Waals surface area contributed by atoms with Crippen LogP contribution in [0.2, 0.25) is 0 Å². The molecule has 6 heteroatoms. The first-order valence-electron chi connectivity index (χ1n) is 6.35. The first-order valence-corrected chi connectivity index (χ1v) is 7.23. The number of carbonyl (C=O) groups is 2. The molecule has 0 aliphatic rings. The highest BCUT2D eigenvalue weighted by Gasteiger charge is 2.08. The molecule has 2 heterocycles. The fourth-order valence-corrected chi connectivity index (χ4v) is 2.32. The zero-order valence-corrected chi connectivity index (χ0v) is 12.2. The van der Waals surface area contributed by atoms with Crippen LogP contribution < -0.4 is 5.32 Å². The van der Waals surface area contributed by atoms with Crippen LogP contribution in [0.4, 0.5) is 10.5 Å². The van der Waals surface area contributed by atoms with Crippen LogP contribution in [0.25, 0.3) is 6.08 Å². The van der Waals surface area contributed by atoms with Crippen molar-refractivity contribution in [2.45, 2.75) is 6.92 Å². The van der Waals surface area contributed by atoms with Crippen molar-refractivity contribution in [1.82, 2.24) is 4.98 Å². The number of thiophene rings is 1. The lowest BCUT2D eigenvalue weighted by atomic mass is 10.2. The zero-order chi connectivity index (χ0) is 15.1. The summed E-state index contributed by atoms with van der Waals surface area (Å²) in [5.41, 5.74) is 0.994. The molecular formula is C15H14N2O3S. The summed E-state index contributed by atoms with van der Waals surface area (Å²) in [5, 5.41) is 4.45. The minimum absolute atomic E-state index is 0.189. The molecule has 0 fully saturated rings.